The van der Waals surface area contributed by atoms with E-state index in [0.717, 1.165) is 0 Å². The van der Waals surface area contributed by atoms with Crippen LogP contribution in [0.3, 0.4) is 0 Å². The standard InChI is InChI=1S/C11H14N2O5/c1-7-5-13(10(16)12-9(7)15)8-3-4-11(6-14,17-2)18-8/h3-5,8,14H,6H2,1-2H3,(H,12,15,16)/t8-,11-/m1/s1. The van der Waals surface area contributed by atoms with Gasteiger partial charge in [0.25, 0.3) is 5.56 Å². The van der Waals surface area contributed by atoms with E-state index in [0.29, 0.717) is 5.56 Å². The summed E-state index contributed by atoms with van der Waals surface area (Å²) >= 11 is 0. The highest BCUT2D eigenvalue weighted by Crippen LogP contribution is 2.28. The van der Waals surface area contributed by atoms with Gasteiger partial charge in [-0.15, -0.1) is 0 Å². The molecule has 2 rings (SSSR count). The van der Waals surface area contributed by atoms with E-state index in [-0.39, 0.29) is 6.61 Å². The predicted octanol–water partition coefficient (Wildman–Crippen LogP) is -0.735. The first-order valence-corrected chi connectivity index (χ1v) is 5.36. The Morgan fingerprint density at radius 1 is 1.61 bits per heavy atom. The Kier molecular flexibility index (Phi) is 3.20. The van der Waals surface area contributed by atoms with Crippen molar-refractivity contribution in [1.29, 1.82) is 0 Å². The molecule has 0 fully saturated rings. The minimum atomic E-state index is -1.24. The van der Waals surface area contributed by atoms with E-state index < -0.39 is 23.3 Å². The number of aromatic amines is 1. The molecule has 18 heavy (non-hydrogen) atoms. The van der Waals surface area contributed by atoms with Crippen molar-refractivity contribution in [3.8, 4) is 0 Å². The second-order valence-corrected chi connectivity index (χ2v) is 4.02. The zero-order valence-corrected chi connectivity index (χ0v) is 10.0. The molecule has 7 nitrogen and oxygen atoms in total. The third kappa shape index (κ3) is 2.03. The Hall–Kier alpha value is -1.70. The monoisotopic (exact) mass is 254 g/mol. The van der Waals surface area contributed by atoms with Crippen molar-refractivity contribution in [1.82, 2.24) is 9.55 Å². The molecule has 1 aliphatic heterocycles. The summed E-state index contributed by atoms with van der Waals surface area (Å²) in [5.74, 6) is -1.24. The Bertz CT molecular complexity index is 582. The largest absolute Gasteiger partial charge is 0.390 e. The molecule has 0 saturated heterocycles. The first kappa shape index (κ1) is 12.7. The van der Waals surface area contributed by atoms with E-state index in [1.54, 1.807) is 13.0 Å². The number of aromatic nitrogens is 2. The van der Waals surface area contributed by atoms with E-state index in [9.17, 15) is 14.7 Å². The Morgan fingerprint density at radius 2 is 2.33 bits per heavy atom. The lowest BCUT2D eigenvalue weighted by Crippen LogP contribution is -2.38. The number of hydrogen-bond acceptors (Lipinski definition) is 5. The SMILES string of the molecule is CO[C@]1(CO)C=C[C@H](n2cc(C)c(=O)[nH]c2=O)O1. The maximum Gasteiger partial charge on any atom is 0.330 e. The molecular formula is C11H14N2O5. The smallest absolute Gasteiger partial charge is 0.330 e. The van der Waals surface area contributed by atoms with E-state index >= 15 is 0 Å². The van der Waals surface area contributed by atoms with E-state index in [2.05, 4.69) is 4.98 Å². The van der Waals surface area contributed by atoms with Gasteiger partial charge >= 0.3 is 5.69 Å². The van der Waals surface area contributed by atoms with Gasteiger partial charge < -0.3 is 14.6 Å². The Labute approximate surface area is 102 Å². The van der Waals surface area contributed by atoms with Crippen LogP contribution in [0, 0.1) is 6.92 Å². The second-order valence-electron chi connectivity index (χ2n) is 4.02. The topological polar surface area (TPSA) is 93.5 Å². The fourth-order valence-electron chi connectivity index (χ4n) is 1.71. The molecule has 2 atom stereocenters. The molecule has 2 heterocycles. The molecule has 0 radical (unpaired) electrons. The number of nitrogens with zero attached hydrogens (tertiary/aromatic N) is 1. The van der Waals surface area contributed by atoms with Crippen molar-refractivity contribution >= 4 is 0 Å². The van der Waals surface area contributed by atoms with Crippen LogP contribution in [0.4, 0.5) is 0 Å². The van der Waals surface area contributed by atoms with Crippen LogP contribution in [0.1, 0.15) is 11.8 Å². The summed E-state index contributed by atoms with van der Waals surface area (Å²) in [6.45, 7) is 1.22. The first-order valence-electron chi connectivity index (χ1n) is 5.36. The minimum absolute atomic E-state index is 0.367. The summed E-state index contributed by atoms with van der Waals surface area (Å²) in [5, 5.41) is 9.20. The average molecular weight is 254 g/mol. The average Bonchev–Trinajstić information content (AvgIpc) is 2.79. The zero-order chi connectivity index (χ0) is 13.3. The molecule has 0 saturated carbocycles. The molecule has 7 heteroatoms. The second kappa shape index (κ2) is 4.52. The van der Waals surface area contributed by atoms with Crippen LogP contribution in [0.5, 0.6) is 0 Å². The normalized spacial score (nSPS) is 26.7. The summed E-state index contributed by atoms with van der Waals surface area (Å²) < 4.78 is 11.7. The highest BCUT2D eigenvalue weighted by atomic mass is 16.7. The quantitative estimate of drug-likeness (QED) is 0.693. The molecule has 0 aromatic carbocycles. The van der Waals surface area contributed by atoms with Gasteiger partial charge in [-0.25, -0.2) is 4.79 Å². The highest BCUT2D eigenvalue weighted by molar-refractivity contribution is 5.09. The lowest BCUT2D eigenvalue weighted by Gasteiger charge is -2.25. The molecule has 0 unspecified atom stereocenters. The summed E-state index contributed by atoms with van der Waals surface area (Å²) in [7, 11) is 1.39. The summed E-state index contributed by atoms with van der Waals surface area (Å²) in [5.41, 5.74) is -0.617. The summed E-state index contributed by atoms with van der Waals surface area (Å²) in [6, 6.07) is 0. The van der Waals surface area contributed by atoms with Gasteiger partial charge in [-0.3, -0.25) is 14.3 Å². The Morgan fingerprint density at radius 3 is 2.89 bits per heavy atom. The first-order chi connectivity index (χ1) is 8.51. The van der Waals surface area contributed by atoms with Gasteiger partial charge in [-0.2, -0.15) is 0 Å². The molecule has 1 aromatic heterocycles. The van der Waals surface area contributed by atoms with Gasteiger partial charge in [0.15, 0.2) is 6.23 Å². The molecule has 98 valence electrons. The molecular weight excluding hydrogens is 240 g/mol. The highest BCUT2D eigenvalue weighted by Gasteiger charge is 2.36. The van der Waals surface area contributed by atoms with Crippen LogP contribution in [0.15, 0.2) is 27.9 Å². The van der Waals surface area contributed by atoms with Gasteiger partial charge in [0.1, 0.15) is 6.61 Å². The Balaban J connectivity index is 2.37. The third-order valence-corrected chi connectivity index (χ3v) is 2.82. The fraction of sp³-hybridized carbons (Fsp3) is 0.455. The number of methoxy groups -OCH3 is 1. The van der Waals surface area contributed by atoms with Crippen molar-refractivity contribution < 1.29 is 14.6 Å². The molecule has 0 bridgehead atoms. The number of nitrogens with one attached hydrogen (secondary N) is 1. The maximum atomic E-state index is 11.7. The summed E-state index contributed by atoms with van der Waals surface area (Å²) in [6.07, 6.45) is 3.79. The van der Waals surface area contributed by atoms with E-state index in [1.807, 2.05) is 0 Å². The number of ether oxygens (including phenoxy) is 2. The number of aryl methyl sites for hydroxylation is 1. The number of rotatable bonds is 3. The molecule has 2 N–H and O–H groups in total. The van der Waals surface area contributed by atoms with E-state index in [1.165, 1.54) is 23.9 Å². The number of hydrogen-bond donors (Lipinski definition) is 2. The number of aliphatic hydroxyl groups is 1. The van der Waals surface area contributed by atoms with Crippen LogP contribution in [0.25, 0.3) is 0 Å². The lowest BCUT2D eigenvalue weighted by atomic mass is 10.3. The van der Waals surface area contributed by atoms with Crippen molar-refractivity contribution in [2.75, 3.05) is 13.7 Å². The predicted molar refractivity (Wildman–Crippen MR) is 62.1 cm³/mol. The van der Waals surface area contributed by atoms with Crippen LogP contribution >= 0.6 is 0 Å². The minimum Gasteiger partial charge on any atom is -0.390 e. The molecule has 1 aromatic rings. The molecule has 0 spiro atoms. The van der Waals surface area contributed by atoms with Crippen LogP contribution in [-0.2, 0) is 9.47 Å². The zero-order valence-electron chi connectivity index (χ0n) is 10.0. The summed E-state index contributed by atoms with van der Waals surface area (Å²) in [4.78, 5) is 25.1. The van der Waals surface area contributed by atoms with Gasteiger partial charge in [0.2, 0.25) is 5.79 Å². The van der Waals surface area contributed by atoms with Crippen molar-refractivity contribution in [3.63, 3.8) is 0 Å². The van der Waals surface area contributed by atoms with Gasteiger partial charge in [-0.05, 0) is 19.1 Å². The number of aliphatic hydroxyl groups excluding tert-OH is 1. The van der Waals surface area contributed by atoms with Crippen LogP contribution < -0.4 is 11.2 Å². The van der Waals surface area contributed by atoms with E-state index in [4.69, 9.17) is 9.47 Å². The van der Waals surface area contributed by atoms with Gasteiger partial charge in [0, 0.05) is 18.9 Å². The molecule has 0 amide bonds. The maximum absolute atomic E-state index is 11.7. The van der Waals surface area contributed by atoms with Crippen LogP contribution in [0.2, 0.25) is 0 Å². The molecule has 0 aliphatic carbocycles. The molecule has 1 aliphatic rings. The number of H-pyrrole nitrogens is 1. The van der Waals surface area contributed by atoms with Gasteiger partial charge in [-0.1, -0.05) is 0 Å². The van der Waals surface area contributed by atoms with Crippen molar-refractivity contribution in [3.05, 3.63) is 44.8 Å². The van der Waals surface area contributed by atoms with Crippen molar-refractivity contribution in [2.24, 2.45) is 0 Å². The van der Waals surface area contributed by atoms with Gasteiger partial charge in [0.05, 0.1) is 0 Å². The van der Waals surface area contributed by atoms with Crippen LogP contribution in [-0.4, -0.2) is 34.2 Å². The lowest BCUT2D eigenvalue weighted by molar-refractivity contribution is -0.225. The fourth-order valence-corrected chi connectivity index (χ4v) is 1.71. The van der Waals surface area contributed by atoms with Crippen molar-refractivity contribution in [2.45, 2.75) is 18.9 Å². The third-order valence-electron chi connectivity index (χ3n) is 2.82.